The molecule has 0 aliphatic carbocycles. The molecule has 0 radical (unpaired) electrons. The number of nitrogens with zero attached hydrogens (tertiary/aromatic N) is 1. The largest absolute Gasteiger partial charge is 0.366 e. The Bertz CT molecular complexity index is 848. The predicted molar refractivity (Wildman–Crippen MR) is 89.4 cm³/mol. The average molecular weight is 317 g/mol. The van der Waals surface area contributed by atoms with E-state index in [9.17, 15) is 14.9 Å². The van der Waals surface area contributed by atoms with Crippen LogP contribution in [0.4, 0.5) is 0 Å². The number of carbonyl (C=O) groups is 2. The van der Waals surface area contributed by atoms with Crippen molar-refractivity contribution in [2.24, 2.45) is 11.7 Å². The minimum Gasteiger partial charge on any atom is -0.366 e. The zero-order valence-corrected chi connectivity index (χ0v) is 12.8. The van der Waals surface area contributed by atoms with Crippen LogP contribution in [0.2, 0.25) is 0 Å². The summed E-state index contributed by atoms with van der Waals surface area (Å²) in [4.78, 5) is 23.5. The highest BCUT2D eigenvalue weighted by molar-refractivity contribution is 5.94. The third kappa shape index (κ3) is 2.90. The van der Waals surface area contributed by atoms with E-state index < -0.39 is 11.8 Å². The maximum absolute atomic E-state index is 12.3. The van der Waals surface area contributed by atoms with E-state index in [1.807, 2.05) is 36.4 Å². The van der Waals surface area contributed by atoms with E-state index in [0.717, 1.165) is 11.1 Å². The standard InChI is InChI=1S/C19H15N3O2/c20-11-16-15(12-6-8-14(9-7-12)18(21)23)10-17(22-19(16)24)13-4-2-1-3-5-13/h1-10,15-16H,(H2,21,23)(H,22,24). The molecule has 0 bridgehead atoms. The van der Waals surface area contributed by atoms with Crippen molar-refractivity contribution in [3.8, 4) is 6.07 Å². The quantitative estimate of drug-likeness (QED) is 0.908. The normalized spacial score (nSPS) is 19.8. The molecule has 5 heteroatoms. The lowest BCUT2D eigenvalue weighted by Gasteiger charge is -2.26. The Hall–Kier alpha value is -3.39. The number of hydrogen-bond donors (Lipinski definition) is 2. The van der Waals surface area contributed by atoms with Crippen molar-refractivity contribution in [1.82, 2.24) is 5.32 Å². The molecule has 2 unspecified atom stereocenters. The Kier molecular flexibility index (Phi) is 4.13. The van der Waals surface area contributed by atoms with Crippen molar-refractivity contribution < 1.29 is 9.59 Å². The minimum absolute atomic E-state index is 0.331. The van der Waals surface area contributed by atoms with E-state index in [1.54, 1.807) is 24.3 Å². The van der Waals surface area contributed by atoms with E-state index in [4.69, 9.17) is 5.73 Å². The van der Waals surface area contributed by atoms with Crippen LogP contribution in [-0.4, -0.2) is 11.8 Å². The van der Waals surface area contributed by atoms with Gasteiger partial charge < -0.3 is 11.1 Å². The molecule has 0 saturated carbocycles. The second-order valence-corrected chi connectivity index (χ2v) is 5.55. The summed E-state index contributed by atoms with van der Waals surface area (Å²) in [5.74, 6) is -2.05. The van der Waals surface area contributed by atoms with Gasteiger partial charge in [0, 0.05) is 17.2 Å². The van der Waals surface area contributed by atoms with Crippen LogP contribution >= 0.6 is 0 Å². The molecule has 2 atom stereocenters. The summed E-state index contributed by atoms with van der Waals surface area (Å²) in [6.45, 7) is 0. The number of allylic oxidation sites excluding steroid dienone is 1. The molecule has 1 aliphatic rings. The van der Waals surface area contributed by atoms with E-state index in [2.05, 4.69) is 11.4 Å². The number of benzene rings is 2. The van der Waals surface area contributed by atoms with Crippen LogP contribution in [0.15, 0.2) is 60.7 Å². The molecule has 0 saturated heterocycles. The Labute approximate surface area is 139 Å². The number of amides is 2. The highest BCUT2D eigenvalue weighted by Crippen LogP contribution is 2.33. The van der Waals surface area contributed by atoms with Gasteiger partial charge in [-0.25, -0.2) is 0 Å². The van der Waals surface area contributed by atoms with Gasteiger partial charge in [0.15, 0.2) is 0 Å². The molecule has 0 spiro atoms. The molecule has 3 N–H and O–H groups in total. The first-order valence-electron chi connectivity index (χ1n) is 7.47. The van der Waals surface area contributed by atoms with Gasteiger partial charge in [-0.05, 0) is 23.3 Å². The molecule has 3 rings (SSSR count). The Balaban J connectivity index is 2.03. The van der Waals surface area contributed by atoms with E-state index >= 15 is 0 Å². The predicted octanol–water partition coefficient (Wildman–Crippen LogP) is 2.18. The van der Waals surface area contributed by atoms with Gasteiger partial charge in [0.05, 0.1) is 6.07 Å². The molecule has 1 aliphatic heterocycles. The third-order valence-electron chi connectivity index (χ3n) is 4.05. The molecule has 118 valence electrons. The molecule has 24 heavy (non-hydrogen) atoms. The number of nitrogens with one attached hydrogen (secondary N) is 1. The summed E-state index contributed by atoms with van der Waals surface area (Å²) in [5, 5.41) is 12.2. The topological polar surface area (TPSA) is 96.0 Å². The van der Waals surface area contributed by atoms with Crippen molar-refractivity contribution in [1.29, 1.82) is 5.26 Å². The SMILES string of the molecule is N#CC1C(=O)NC(c2ccccc2)=CC1c1ccc(C(N)=O)cc1. The van der Waals surface area contributed by atoms with Crippen LogP contribution in [0.5, 0.6) is 0 Å². The molecule has 0 fully saturated rings. The summed E-state index contributed by atoms with van der Waals surface area (Å²) < 4.78 is 0. The lowest BCUT2D eigenvalue weighted by atomic mass is 9.82. The van der Waals surface area contributed by atoms with Crippen LogP contribution in [-0.2, 0) is 4.79 Å². The molecular formula is C19H15N3O2. The van der Waals surface area contributed by atoms with E-state index in [0.29, 0.717) is 11.3 Å². The number of nitrogens with two attached hydrogens (primary N) is 1. The van der Waals surface area contributed by atoms with Gasteiger partial charge in [-0.3, -0.25) is 9.59 Å². The fourth-order valence-electron chi connectivity index (χ4n) is 2.77. The lowest BCUT2D eigenvalue weighted by molar-refractivity contribution is -0.122. The maximum Gasteiger partial charge on any atom is 0.248 e. The van der Waals surface area contributed by atoms with Crippen molar-refractivity contribution in [3.63, 3.8) is 0 Å². The smallest absolute Gasteiger partial charge is 0.248 e. The second-order valence-electron chi connectivity index (χ2n) is 5.55. The van der Waals surface area contributed by atoms with Gasteiger partial charge >= 0.3 is 0 Å². The molecular weight excluding hydrogens is 302 g/mol. The Morgan fingerprint density at radius 3 is 2.33 bits per heavy atom. The van der Waals surface area contributed by atoms with E-state index in [1.165, 1.54) is 0 Å². The van der Waals surface area contributed by atoms with Crippen molar-refractivity contribution in [2.45, 2.75) is 5.92 Å². The highest BCUT2D eigenvalue weighted by Gasteiger charge is 2.33. The Morgan fingerprint density at radius 1 is 1.08 bits per heavy atom. The second kappa shape index (κ2) is 6.39. The van der Waals surface area contributed by atoms with Gasteiger partial charge in [-0.2, -0.15) is 5.26 Å². The van der Waals surface area contributed by atoms with Crippen LogP contribution in [0.25, 0.3) is 5.70 Å². The van der Waals surface area contributed by atoms with Crippen molar-refractivity contribution in [2.75, 3.05) is 0 Å². The van der Waals surface area contributed by atoms with Gasteiger partial charge in [0.2, 0.25) is 11.8 Å². The third-order valence-corrected chi connectivity index (χ3v) is 4.05. The lowest BCUT2D eigenvalue weighted by Crippen LogP contribution is -2.36. The van der Waals surface area contributed by atoms with Gasteiger partial charge in [0.25, 0.3) is 0 Å². The monoisotopic (exact) mass is 317 g/mol. The zero-order chi connectivity index (χ0) is 17.1. The maximum atomic E-state index is 12.3. The molecule has 2 aromatic rings. The number of primary amides is 1. The molecule has 2 amide bonds. The number of carbonyl (C=O) groups excluding carboxylic acids is 2. The number of nitriles is 1. The van der Waals surface area contributed by atoms with Gasteiger partial charge in [-0.1, -0.05) is 48.5 Å². The average Bonchev–Trinajstić information content (AvgIpc) is 2.62. The molecule has 0 aromatic heterocycles. The number of hydrogen-bond acceptors (Lipinski definition) is 3. The minimum atomic E-state index is -0.822. The van der Waals surface area contributed by atoms with Gasteiger partial charge in [0.1, 0.15) is 5.92 Å². The van der Waals surface area contributed by atoms with Crippen LogP contribution in [0, 0.1) is 17.2 Å². The van der Waals surface area contributed by atoms with Gasteiger partial charge in [-0.15, -0.1) is 0 Å². The fraction of sp³-hybridized carbons (Fsp3) is 0.105. The van der Waals surface area contributed by atoms with Crippen molar-refractivity contribution >= 4 is 17.5 Å². The molecule has 1 heterocycles. The number of rotatable bonds is 3. The highest BCUT2D eigenvalue weighted by atomic mass is 16.2. The van der Waals surface area contributed by atoms with Crippen LogP contribution < -0.4 is 11.1 Å². The zero-order valence-electron chi connectivity index (χ0n) is 12.8. The van der Waals surface area contributed by atoms with Crippen LogP contribution in [0.3, 0.4) is 0 Å². The first-order chi connectivity index (χ1) is 11.6. The summed E-state index contributed by atoms with van der Waals surface area (Å²) >= 11 is 0. The fourth-order valence-corrected chi connectivity index (χ4v) is 2.77. The summed E-state index contributed by atoms with van der Waals surface area (Å²) in [6, 6.07) is 18.2. The molecule has 5 nitrogen and oxygen atoms in total. The summed E-state index contributed by atoms with van der Waals surface area (Å²) in [7, 11) is 0. The first-order valence-corrected chi connectivity index (χ1v) is 7.47. The molecule has 2 aromatic carbocycles. The van der Waals surface area contributed by atoms with E-state index in [-0.39, 0.29) is 11.8 Å². The van der Waals surface area contributed by atoms with Crippen LogP contribution in [0.1, 0.15) is 27.4 Å². The Morgan fingerprint density at radius 2 is 1.75 bits per heavy atom. The first kappa shape index (κ1) is 15.5. The van der Waals surface area contributed by atoms with Crippen molar-refractivity contribution in [3.05, 3.63) is 77.4 Å². The summed E-state index contributed by atoms with van der Waals surface area (Å²) in [5.41, 5.74) is 7.98. The summed E-state index contributed by atoms with van der Waals surface area (Å²) in [6.07, 6.45) is 1.88.